The number of benzene rings is 1. The first-order valence-electron chi connectivity index (χ1n) is 4.67. The first-order chi connectivity index (χ1) is 7.12. The SMILES string of the molecule is CC1(C(N)=O)CN(c2ccccc2)N=N1. The third-order valence-corrected chi connectivity index (χ3v) is 2.42. The van der Waals surface area contributed by atoms with Crippen molar-refractivity contribution < 1.29 is 4.79 Å². The molecule has 5 heteroatoms. The van der Waals surface area contributed by atoms with E-state index in [-0.39, 0.29) is 0 Å². The highest BCUT2D eigenvalue weighted by Gasteiger charge is 2.38. The predicted molar refractivity (Wildman–Crippen MR) is 56.2 cm³/mol. The van der Waals surface area contributed by atoms with Crippen LogP contribution in [0.4, 0.5) is 5.69 Å². The van der Waals surface area contributed by atoms with Crippen LogP contribution in [-0.4, -0.2) is 18.0 Å². The predicted octanol–water partition coefficient (Wildman–Crippen LogP) is 1.12. The molecule has 1 aliphatic rings. The lowest BCUT2D eigenvalue weighted by molar-refractivity contribution is -0.121. The molecule has 0 aliphatic carbocycles. The number of nitrogens with zero attached hydrogens (tertiary/aromatic N) is 3. The fourth-order valence-electron chi connectivity index (χ4n) is 1.38. The maximum absolute atomic E-state index is 11.1. The van der Waals surface area contributed by atoms with Crippen molar-refractivity contribution in [2.45, 2.75) is 12.5 Å². The summed E-state index contributed by atoms with van der Waals surface area (Å²) in [5.74, 6) is -0.454. The largest absolute Gasteiger partial charge is 0.367 e. The van der Waals surface area contributed by atoms with Crippen LogP contribution in [0.1, 0.15) is 6.92 Å². The van der Waals surface area contributed by atoms with Gasteiger partial charge < -0.3 is 5.73 Å². The molecular weight excluding hydrogens is 192 g/mol. The second-order valence-electron chi connectivity index (χ2n) is 3.72. The topological polar surface area (TPSA) is 71.1 Å². The molecule has 15 heavy (non-hydrogen) atoms. The molecular formula is C10H12N4O. The standard InChI is InChI=1S/C10H12N4O/c1-10(9(11)15)7-14(13-12-10)8-5-3-2-4-6-8/h2-6H,7H2,1H3,(H2,11,15). The van der Waals surface area contributed by atoms with Crippen molar-refractivity contribution in [3.63, 3.8) is 0 Å². The van der Waals surface area contributed by atoms with Gasteiger partial charge in [0.1, 0.15) is 0 Å². The number of amides is 1. The molecule has 1 aromatic rings. The highest BCUT2D eigenvalue weighted by Crippen LogP contribution is 2.25. The van der Waals surface area contributed by atoms with E-state index in [2.05, 4.69) is 10.3 Å². The van der Waals surface area contributed by atoms with E-state index in [4.69, 9.17) is 5.73 Å². The van der Waals surface area contributed by atoms with E-state index in [0.29, 0.717) is 6.54 Å². The molecule has 0 bridgehead atoms. The zero-order valence-corrected chi connectivity index (χ0v) is 8.42. The quantitative estimate of drug-likeness (QED) is 0.784. The molecule has 2 N–H and O–H groups in total. The van der Waals surface area contributed by atoms with Gasteiger partial charge in [-0.15, -0.1) is 0 Å². The van der Waals surface area contributed by atoms with Crippen molar-refractivity contribution in [1.82, 2.24) is 0 Å². The van der Waals surface area contributed by atoms with Crippen LogP contribution < -0.4 is 10.7 Å². The maximum Gasteiger partial charge on any atom is 0.249 e. The summed E-state index contributed by atoms with van der Waals surface area (Å²) in [5.41, 5.74) is 5.25. The molecule has 1 aliphatic heterocycles. The zero-order valence-electron chi connectivity index (χ0n) is 8.42. The first kappa shape index (κ1) is 9.64. The summed E-state index contributed by atoms with van der Waals surface area (Å²) in [5, 5.41) is 9.51. The van der Waals surface area contributed by atoms with Gasteiger partial charge in [0, 0.05) is 0 Å². The molecule has 1 atom stereocenters. The molecule has 0 aromatic heterocycles. The summed E-state index contributed by atoms with van der Waals surface area (Å²) in [6, 6.07) is 9.55. The average molecular weight is 204 g/mol. The molecule has 0 fully saturated rings. The van der Waals surface area contributed by atoms with E-state index in [1.54, 1.807) is 11.9 Å². The number of carbonyl (C=O) groups excluding carboxylic acids is 1. The van der Waals surface area contributed by atoms with Crippen molar-refractivity contribution in [3.8, 4) is 0 Å². The highest BCUT2D eigenvalue weighted by atomic mass is 16.1. The third kappa shape index (κ3) is 1.68. The van der Waals surface area contributed by atoms with Gasteiger partial charge in [0.25, 0.3) is 0 Å². The van der Waals surface area contributed by atoms with Crippen LogP contribution in [-0.2, 0) is 4.79 Å². The average Bonchev–Trinajstić information content (AvgIpc) is 2.64. The lowest BCUT2D eigenvalue weighted by Gasteiger charge is -2.17. The molecule has 5 nitrogen and oxygen atoms in total. The van der Waals surface area contributed by atoms with Crippen molar-refractivity contribution >= 4 is 11.6 Å². The molecule has 1 heterocycles. The van der Waals surface area contributed by atoms with E-state index < -0.39 is 11.4 Å². The van der Waals surface area contributed by atoms with Crippen molar-refractivity contribution in [3.05, 3.63) is 30.3 Å². The van der Waals surface area contributed by atoms with Crippen LogP contribution in [0.3, 0.4) is 0 Å². The minimum absolute atomic E-state index is 0.395. The number of nitrogens with two attached hydrogens (primary N) is 1. The summed E-state index contributed by atoms with van der Waals surface area (Å²) in [6.45, 7) is 2.08. The van der Waals surface area contributed by atoms with E-state index >= 15 is 0 Å². The van der Waals surface area contributed by atoms with Gasteiger partial charge >= 0.3 is 0 Å². The number of hydrogen-bond acceptors (Lipinski definition) is 4. The molecule has 0 radical (unpaired) electrons. The van der Waals surface area contributed by atoms with Crippen LogP contribution >= 0.6 is 0 Å². The van der Waals surface area contributed by atoms with Crippen molar-refractivity contribution in [2.75, 3.05) is 11.6 Å². The Morgan fingerprint density at radius 3 is 2.67 bits per heavy atom. The van der Waals surface area contributed by atoms with E-state index in [1.807, 2.05) is 30.3 Å². The van der Waals surface area contributed by atoms with Gasteiger partial charge in [0.15, 0.2) is 5.54 Å². The van der Waals surface area contributed by atoms with Crippen LogP contribution in [0.2, 0.25) is 0 Å². The third-order valence-electron chi connectivity index (χ3n) is 2.42. The number of anilines is 1. The fraction of sp³-hybridized carbons (Fsp3) is 0.300. The lowest BCUT2D eigenvalue weighted by atomic mass is 10.0. The van der Waals surface area contributed by atoms with Gasteiger partial charge in [-0.2, -0.15) is 5.11 Å². The molecule has 0 spiro atoms. The molecule has 78 valence electrons. The summed E-state index contributed by atoms with van der Waals surface area (Å²) in [6.07, 6.45) is 0. The van der Waals surface area contributed by atoms with Gasteiger partial charge in [0.2, 0.25) is 5.91 Å². The second kappa shape index (κ2) is 3.34. The Morgan fingerprint density at radius 2 is 2.13 bits per heavy atom. The summed E-state index contributed by atoms with van der Waals surface area (Å²) in [4.78, 5) is 11.1. The molecule has 2 rings (SSSR count). The van der Waals surface area contributed by atoms with E-state index in [9.17, 15) is 4.79 Å². The van der Waals surface area contributed by atoms with Gasteiger partial charge in [-0.1, -0.05) is 23.4 Å². The van der Waals surface area contributed by atoms with Crippen LogP contribution in [0, 0.1) is 0 Å². The summed E-state index contributed by atoms with van der Waals surface area (Å²) < 4.78 is 0. The molecule has 1 unspecified atom stereocenters. The van der Waals surface area contributed by atoms with Crippen LogP contribution in [0.15, 0.2) is 40.7 Å². The Bertz CT molecular complexity index is 403. The number of primary amides is 1. The van der Waals surface area contributed by atoms with Gasteiger partial charge in [-0.05, 0) is 19.1 Å². The number of carbonyl (C=O) groups is 1. The molecule has 0 saturated heterocycles. The van der Waals surface area contributed by atoms with Gasteiger partial charge in [-0.3, -0.25) is 4.79 Å². The Morgan fingerprint density at radius 1 is 1.47 bits per heavy atom. The van der Waals surface area contributed by atoms with Gasteiger partial charge in [0.05, 0.1) is 12.2 Å². The lowest BCUT2D eigenvalue weighted by Crippen LogP contribution is -2.43. The van der Waals surface area contributed by atoms with Crippen molar-refractivity contribution in [1.29, 1.82) is 0 Å². The minimum atomic E-state index is -0.907. The van der Waals surface area contributed by atoms with E-state index in [0.717, 1.165) is 5.69 Å². The molecule has 1 amide bonds. The Kier molecular flexibility index (Phi) is 2.15. The van der Waals surface area contributed by atoms with E-state index in [1.165, 1.54) is 0 Å². The molecule has 1 aromatic carbocycles. The summed E-state index contributed by atoms with van der Waals surface area (Å²) in [7, 11) is 0. The van der Waals surface area contributed by atoms with Crippen LogP contribution in [0.25, 0.3) is 0 Å². The monoisotopic (exact) mass is 204 g/mol. The number of hydrogen-bond donors (Lipinski definition) is 1. The smallest absolute Gasteiger partial charge is 0.249 e. The highest BCUT2D eigenvalue weighted by molar-refractivity contribution is 5.85. The maximum atomic E-state index is 11.1. The molecule has 0 saturated carbocycles. The first-order valence-corrected chi connectivity index (χ1v) is 4.67. The number of para-hydroxylation sites is 1. The minimum Gasteiger partial charge on any atom is -0.367 e. The van der Waals surface area contributed by atoms with Crippen LogP contribution in [0.5, 0.6) is 0 Å². The van der Waals surface area contributed by atoms with Crippen molar-refractivity contribution in [2.24, 2.45) is 16.1 Å². The fourth-order valence-corrected chi connectivity index (χ4v) is 1.38. The normalized spacial score (nSPS) is 24.5. The second-order valence-corrected chi connectivity index (χ2v) is 3.72. The zero-order chi connectivity index (χ0) is 10.9. The number of rotatable bonds is 2. The summed E-state index contributed by atoms with van der Waals surface area (Å²) >= 11 is 0. The Hall–Kier alpha value is -1.91. The van der Waals surface area contributed by atoms with Gasteiger partial charge in [-0.25, -0.2) is 5.01 Å². The Balaban J connectivity index is 2.19. The Labute approximate surface area is 87.6 Å².